The number of rotatable bonds is 2. The predicted octanol–water partition coefficient (Wildman–Crippen LogP) is 2.39. The molecule has 0 bridgehead atoms. The fraction of sp³-hybridized carbons (Fsp3) is 0.250. The topological polar surface area (TPSA) is 18.5 Å². The van der Waals surface area contributed by atoms with E-state index in [-0.39, 0.29) is 11.5 Å². The van der Waals surface area contributed by atoms with Crippen LogP contribution in [-0.2, 0) is 0 Å². The molecule has 0 saturated heterocycles. The van der Waals surface area contributed by atoms with Gasteiger partial charge >= 0.3 is 6.36 Å². The zero-order chi connectivity index (χ0) is 9.90. The van der Waals surface area contributed by atoms with Gasteiger partial charge in [0.15, 0.2) is 11.5 Å². The van der Waals surface area contributed by atoms with Crippen LogP contribution in [0.25, 0.3) is 0 Å². The minimum absolute atomic E-state index is 0.000162. The summed E-state index contributed by atoms with van der Waals surface area (Å²) in [6, 6.07) is 6.27. The Morgan fingerprint density at radius 2 is 2.00 bits per heavy atom. The molecular formula is C8H6F3O2. The minimum atomic E-state index is -4.70. The summed E-state index contributed by atoms with van der Waals surface area (Å²) in [6.07, 6.45) is -4.70. The molecule has 0 aliphatic rings. The zero-order valence-electron chi connectivity index (χ0n) is 6.68. The van der Waals surface area contributed by atoms with Crippen molar-refractivity contribution in [3.8, 4) is 11.5 Å². The lowest BCUT2D eigenvalue weighted by molar-refractivity contribution is -0.275. The van der Waals surface area contributed by atoms with E-state index in [1.807, 2.05) is 0 Å². The van der Waals surface area contributed by atoms with E-state index >= 15 is 0 Å². The van der Waals surface area contributed by atoms with Crippen molar-refractivity contribution in [3.05, 3.63) is 24.3 Å². The molecule has 0 saturated carbocycles. The second-order valence-corrected chi connectivity index (χ2v) is 2.12. The van der Waals surface area contributed by atoms with Gasteiger partial charge < -0.3 is 9.47 Å². The van der Waals surface area contributed by atoms with Gasteiger partial charge in [-0.3, -0.25) is 0 Å². The second-order valence-electron chi connectivity index (χ2n) is 2.12. The van der Waals surface area contributed by atoms with Gasteiger partial charge in [0, 0.05) is 0 Å². The first-order valence-electron chi connectivity index (χ1n) is 3.33. The van der Waals surface area contributed by atoms with Crippen molar-refractivity contribution >= 4 is 0 Å². The number of ether oxygens (including phenoxy) is 2. The average Bonchev–Trinajstić information content (AvgIpc) is 2.02. The maximum absolute atomic E-state index is 11.8. The van der Waals surface area contributed by atoms with Gasteiger partial charge in [0.25, 0.3) is 0 Å². The lowest BCUT2D eigenvalue weighted by Crippen LogP contribution is -2.17. The summed E-state index contributed by atoms with van der Waals surface area (Å²) < 4.78 is 43.6. The van der Waals surface area contributed by atoms with Gasteiger partial charge in [0.2, 0.25) is 0 Å². The Balaban J connectivity index is 2.87. The molecule has 0 fully saturated rings. The summed E-state index contributed by atoms with van der Waals surface area (Å²) in [5.74, 6) is -0.367. The fourth-order valence-electron chi connectivity index (χ4n) is 0.769. The van der Waals surface area contributed by atoms with Crippen LogP contribution in [0.15, 0.2) is 18.2 Å². The van der Waals surface area contributed by atoms with Crippen LogP contribution >= 0.6 is 0 Å². The molecule has 1 aromatic rings. The molecule has 0 spiro atoms. The second kappa shape index (κ2) is 3.55. The van der Waals surface area contributed by atoms with Gasteiger partial charge in [0.05, 0.1) is 7.11 Å². The molecule has 1 radical (unpaired) electrons. The Morgan fingerprint density at radius 3 is 2.54 bits per heavy atom. The van der Waals surface area contributed by atoms with Crippen molar-refractivity contribution in [1.82, 2.24) is 0 Å². The van der Waals surface area contributed by atoms with E-state index in [9.17, 15) is 13.2 Å². The van der Waals surface area contributed by atoms with Gasteiger partial charge in [0.1, 0.15) is 0 Å². The standard InChI is InChI=1S/C8H6F3O2/c1-12-6-4-2-3-5-7(6)13-8(9,10)11/h3-5H,1H3. The lowest BCUT2D eigenvalue weighted by Gasteiger charge is -2.11. The highest BCUT2D eigenvalue weighted by Gasteiger charge is 2.32. The third-order valence-electron chi connectivity index (χ3n) is 1.23. The van der Waals surface area contributed by atoms with Crippen LogP contribution in [0.3, 0.4) is 0 Å². The smallest absolute Gasteiger partial charge is 0.493 e. The van der Waals surface area contributed by atoms with Gasteiger partial charge in [-0.2, -0.15) is 0 Å². The van der Waals surface area contributed by atoms with E-state index in [1.54, 1.807) is 0 Å². The van der Waals surface area contributed by atoms with Gasteiger partial charge in [-0.05, 0) is 18.2 Å². The molecule has 0 atom stereocenters. The summed E-state index contributed by atoms with van der Waals surface area (Å²) in [5.41, 5.74) is 0. The first-order chi connectivity index (χ1) is 6.03. The molecule has 5 heteroatoms. The molecule has 0 unspecified atom stereocenters. The maximum Gasteiger partial charge on any atom is 0.573 e. The molecule has 0 N–H and O–H groups in total. The molecule has 0 aliphatic heterocycles. The summed E-state index contributed by atoms with van der Waals surface area (Å²) in [4.78, 5) is 0. The van der Waals surface area contributed by atoms with E-state index in [1.165, 1.54) is 19.2 Å². The number of hydrogen-bond donors (Lipinski definition) is 0. The first kappa shape index (κ1) is 9.70. The predicted molar refractivity (Wildman–Crippen MR) is 38.5 cm³/mol. The molecule has 13 heavy (non-hydrogen) atoms. The van der Waals surface area contributed by atoms with Crippen LogP contribution in [0.1, 0.15) is 0 Å². The van der Waals surface area contributed by atoms with Crippen LogP contribution < -0.4 is 9.47 Å². The number of halogens is 3. The van der Waals surface area contributed by atoms with E-state index in [0.29, 0.717) is 0 Å². The molecular weight excluding hydrogens is 185 g/mol. The Labute approximate surface area is 72.9 Å². The number of methoxy groups -OCH3 is 1. The zero-order valence-corrected chi connectivity index (χ0v) is 6.68. The summed E-state index contributed by atoms with van der Waals surface area (Å²) in [6.45, 7) is 0. The molecule has 1 aromatic carbocycles. The fourth-order valence-corrected chi connectivity index (χ4v) is 0.769. The molecule has 71 valence electrons. The number of hydrogen-bond acceptors (Lipinski definition) is 2. The molecule has 0 heterocycles. The van der Waals surface area contributed by atoms with Crippen molar-refractivity contribution in [1.29, 1.82) is 0 Å². The van der Waals surface area contributed by atoms with Crippen LogP contribution in [-0.4, -0.2) is 13.5 Å². The first-order valence-corrected chi connectivity index (χ1v) is 3.33. The normalized spacial score (nSPS) is 11.1. The van der Waals surface area contributed by atoms with E-state index in [4.69, 9.17) is 0 Å². The lowest BCUT2D eigenvalue weighted by atomic mass is 10.3. The van der Waals surface area contributed by atoms with E-state index in [0.717, 1.165) is 6.07 Å². The van der Waals surface area contributed by atoms with Crippen LogP contribution in [0.4, 0.5) is 13.2 Å². The molecule has 0 aliphatic carbocycles. The summed E-state index contributed by atoms with van der Waals surface area (Å²) in [7, 11) is 1.26. The molecule has 0 aromatic heterocycles. The van der Waals surface area contributed by atoms with Crippen molar-refractivity contribution in [2.24, 2.45) is 0 Å². The van der Waals surface area contributed by atoms with Crippen LogP contribution in [0.2, 0.25) is 0 Å². The SMILES string of the molecule is COc1c[c]ccc1OC(F)(F)F. The molecule has 0 amide bonds. The van der Waals surface area contributed by atoms with E-state index < -0.39 is 6.36 Å². The maximum atomic E-state index is 11.8. The number of benzene rings is 1. The highest BCUT2D eigenvalue weighted by Crippen LogP contribution is 2.30. The third kappa shape index (κ3) is 2.85. The number of alkyl halides is 3. The van der Waals surface area contributed by atoms with Gasteiger partial charge in [-0.25, -0.2) is 0 Å². The van der Waals surface area contributed by atoms with Crippen LogP contribution in [0.5, 0.6) is 11.5 Å². The molecule has 1 rings (SSSR count). The van der Waals surface area contributed by atoms with Crippen molar-refractivity contribution in [3.63, 3.8) is 0 Å². The Hall–Kier alpha value is -1.39. The van der Waals surface area contributed by atoms with Gasteiger partial charge in [-0.15, -0.1) is 13.2 Å². The van der Waals surface area contributed by atoms with Crippen molar-refractivity contribution < 1.29 is 22.6 Å². The highest BCUT2D eigenvalue weighted by molar-refractivity contribution is 5.38. The quantitative estimate of drug-likeness (QED) is 0.714. The Bertz CT molecular complexity index is 283. The van der Waals surface area contributed by atoms with E-state index in [2.05, 4.69) is 15.5 Å². The molecule has 2 nitrogen and oxygen atoms in total. The van der Waals surface area contributed by atoms with Crippen molar-refractivity contribution in [2.45, 2.75) is 6.36 Å². The minimum Gasteiger partial charge on any atom is -0.493 e. The summed E-state index contributed by atoms with van der Waals surface area (Å²) in [5, 5.41) is 0. The highest BCUT2D eigenvalue weighted by atomic mass is 19.4. The Kier molecular flexibility index (Phi) is 2.65. The Morgan fingerprint density at radius 1 is 1.31 bits per heavy atom. The third-order valence-corrected chi connectivity index (χ3v) is 1.23. The van der Waals surface area contributed by atoms with Crippen molar-refractivity contribution in [2.75, 3.05) is 7.11 Å². The summed E-state index contributed by atoms with van der Waals surface area (Å²) >= 11 is 0. The van der Waals surface area contributed by atoms with Crippen LogP contribution in [0, 0.1) is 6.07 Å². The monoisotopic (exact) mass is 191 g/mol. The van der Waals surface area contributed by atoms with Gasteiger partial charge in [-0.1, -0.05) is 6.07 Å². The average molecular weight is 191 g/mol. The largest absolute Gasteiger partial charge is 0.573 e.